The first kappa shape index (κ1) is 13.6. The molecule has 0 aliphatic carbocycles. The van der Waals surface area contributed by atoms with Gasteiger partial charge in [-0.3, -0.25) is 4.79 Å². The second-order valence-electron chi connectivity index (χ2n) is 4.92. The molecular weight excluding hydrogens is 292 g/mol. The van der Waals surface area contributed by atoms with Crippen LogP contribution in [0.15, 0.2) is 22.7 Å². The van der Waals surface area contributed by atoms with Gasteiger partial charge in [0.2, 0.25) is 0 Å². The van der Waals surface area contributed by atoms with Crippen LogP contribution >= 0.6 is 15.9 Å². The van der Waals surface area contributed by atoms with Crippen molar-refractivity contribution < 1.29 is 4.79 Å². The first-order valence-electron chi connectivity index (χ1n) is 6.38. The van der Waals surface area contributed by atoms with Gasteiger partial charge in [0.25, 0.3) is 5.91 Å². The van der Waals surface area contributed by atoms with Gasteiger partial charge in [-0.15, -0.1) is 0 Å². The summed E-state index contributed by atoms with van der Waals surface area (Å²) in [5, 5.41) is 6.52. The average Bonchev–Trinajstić information content (AvgIpc) is 2.32. The van der Waals surface area contributed by atoms with Crippen LogP contribution < -0.4 is 10.6 Å². The Hall–Kier alpha value is -0.870. The maximum absolute atomic E-state index is 12.2. The van der Waals surface area contributed by atoms with E-state index in [1.807, 2.05) is 25.1 Å². The van der Waals surface area contributed by atoms with Crippen LogP contribution in [0.4, 0.5) is 0 Å². The quantitative estimate of drug-likeness (QED) is 0.881. The molecule has 0 saturated carbocycles. The molecule has 2 N–H and O–H groups in total. The van der Waals surface area contributed by atoms with Gasteiger partial charge in [-0.1, -0.05) is 15.9 Å². The zero-order valence-electron chi connectivity index (χ0n) is 10.8. The number of carbonyl (C=O) groups excluding carboxylic acids is 1. The molecule has 1 heterocycles. The van der Waals surface area contributed by atoms with Gasteiger partial charge >= 0.3 is 0 Å². The third-order valence-corrected chi connectivity index (χ3v) is 4.00. The lowest BCUT2D eigenvalue weighted by Gasteiger charge is -2.30. The minimum atomic E-state index is 0.0283. The lowest BCUT2D eigenvalue weighted by atomic mass is 9.99. The van der Waals surface area contributed by atoms with Gasteiger partial charge in [0.15, 0.2) is 0 Å². The Morgan fingerprint density at radius 1 is 1.50 bits per heavy atom. The summed E-state index contributed by atoms with van der Waals surface area (Å²) >= 11 is 3.41. The molecule has 1 fully saturated rings. The van der Waals surface area contributed by atoms with E-state index in [-0.39, 0.29) is 11.9 Å². The fraction of sp³-hybridized carbons (Fsp3) is 0.500. The van der Waals surface area contributed by atoms with E-state index < -0.39 is 0 Å². The van der Waals surface area contributed by atoms with Gasteiger partial charge in [-0.25, -0.2) is 0 Å². The molecule has 1 aliphatic rings. The second kappa shape index (κ2) is 5.85. The molecule has 1 amide bonds. The van der Waals surface area contributed by atoms with Crippen molar-refractivity contribution in [2.45, 2.75) is 38.8 Å². The summed E-state index contributed by atoms with van der Waals surface area (Å²) in [4.78, 5) is 12.2. The van der Waals surface area contributed by atoms with Gasteiger partial charge in [0, 0.05) is 22.1 Å². The van der Waals surface area contributed by atoms with Crippen LogP contribution in [0.2, 0.25) is 0 Å². The number of hydrogen-bond acceptors (Lipinski definition) is 2. The molecule has 4 heteroatoms. The topological polar surface area (TPSA) is 41.1 Å². The van der Waals surface area contributed by atoms with Gasteiger partial charge in [-0.2, -0.15) is 0 Å². The summed E-state index contributed by atoms with van der Waals surface area (Å²) in [7, 11) is 0. The summed E-state index contributed by atoms with van der Waals surface area (Å²) in [5.74, 6) is 0.0283. The number of amides is 1. The van der Waals surface area contributed by atoms with E-state index in [1.54, 1.807) is 0 Å². The minimum Gasteiger partial charge on any atom is -0.348 e. The molecular formula is C14H19BrN2O. The molecule has 0 radical (unpaired) electrons. The van der Waals surface area contributed by atoms with Gasteiger partial charge in [-0.05, 0) is 57.0 Å². The van der Waals surface area contributed by atoms with Crippen molar-refractivity contribution in [3.63, 3.8) is 0 Å². The summed E-state index contributed by atoms with van der Waals surface area (Å²) < 4.78 is 1.00. The Morgan fingerprint density at radius 2 is 2.28 bits per heavy atom. The van der Waals surface area contributed by atoms with Gasteiger partial charge < -0.3 is 10.6 Å². The van der Waals surface area contributed by atoms with Crippen molar-refractivity contribution in [2.75, 3.05) is 6.54 Å². The summed E-state index contributed by atoms with van der Waals surface area (Å²) in [5.41, 5.74) is 1.76. The SMILES string of the molecule is Cc1cc(Br)ccc1C(=O)NC1CCCNC1C. The lowest BCUT2D eigenvalue weighted by Crippen LogP contribution is -2.52. The molecule has 0 spiro atoms. The van der Waals surface area contributed by atoms with E-state index in [2.05, 4.69) is 33.5 Å². The fourth-order valence-corrected chi connectivity index (χ4v) is 2.84. The first-order chi connectivity index (χ1) is 8.58. The summed E-state index contributed by atoms with van der Waals surface area (Å²) in [6.45, 7) is 5.13. The maximum Gasteiger partial charge on any atom is 0.251 e. The zero-order chi connectivity index (χ0) is 13.1. The predicted octanol–water partition coefficient (Wildman–Crippen LogP) is 2.63. The van der Waals surface area contributed by atoms with Gasteiger partial charge in [0.05, 0.1) is 0 Å². The molecule has 98 valence electrons. The van der Waals surface area contributed by atoms with E-state index in [4.69, 9.17) is 0 Å². The third-order valence-electron chi connectivity index (χ3n) is 3.51. The van der Waals surface area contributed by atoms with Crippen LogP contribution in [0.3, 0.4) is 0 Å². The lowest BCUT2D eigenvalue weighted by molar-refractivity contribution is 0.0919. The van der Waals surface area contributed by atoms with Crippen molar-refractivity contribution in [1.29, 1.82) is 0 Å². The van der Waals surface area contributed by atoms with Crippen LogP contribution in [0.25, 0.3) is 0 Å². The van der Waals surface area contributed by atoms with E-state index in [0.29, 0.717) is 6.04 Å². The van der Waals surface area contributed by atoms with E-state index in [0.717, 1.165) is 35.0 Å². The molecule has 2 rings (SSSR count). The summed E-state index contributed by atoms with van der Waals surface area (Å²) in [6, 6.07) is 6.32. The number of rotatable bonds is 2. The molecule has 0 bridgehead atoms. The smallest absolute Gasteiger partial charge is 0.251 e. The number of hydrogen-bond donors (Lipinski definition) is 2. The molecule has 2 atom stereocenters. The highest BCUT2D eigenvalue weighted by molar-refractivity contribution is 9.10. The Labute approximate surface area is 116 Å². The van der Waals surface area contributed by atoms with Crippen LogP contribution in [-0.2, 0) is 0 Å². The minimum absolute atomic E-state index is 0.0283. The van der Waals surface area contributed by atoms with Crippen LogP contribution in [-0.4, -0.2) is 24.5 Å². The van der Waals surface area contributed by atoms with Crippen molar-refractivity contribution in [2.24, 2.45) is 0 Å². The molecule has 0 aromatic heterocycles. The molecule has 2 unspecified atom stereocenters. The number of aryl methyl sites for hydroxylation is 1. The second-order valence-corrected chi connectivity index (χ2v) is 5.84. The number of benzene rings is 1. The highest BCUT2D eigenvalue weighted by atomic mass is 79.9. The fourth-order valence-electron chi connectivity index (χ4n) is 2.37. The highest BCUT2D eigenvalue weighted by Crippen LogP contribution is 2.17. The molecule has 1 aromatic carbocycles. The monoisotopic (exact) mass is 310 g/mol. The highest BCUT2D eigenvalue weighted by Gasteiger charge is 2.23. The molecule has 1 aromatic rings. The van der Waals surface area contributed by atoms with E-state index in [1.165, 1.54) is 0 Å². The Kier molecular flexibility index (Phi) is 4.40. The summed E-state index contributed by atoms with van der Waals surface area (Å²) in [6.07, 6.45) is 2.17. The van der Waals surface area contributed by atoms with Crippen molar-refractivity contribution in [1.82, 2.24) is 10.6 Å². The standard InChI is InChI=1S/C14H19BrN2O/c1-9-8-11(15)5-6-12(9)14(18)17-13-4-3-7-16-10(13)2/h5-6,8,10,13,16H,3-4,7H2,1-2H3,(H,17,18). The average molecular weight is 311 g/mol. The van der Waals surface area contributed by atoms with Crippen molar-refractivity contribution in [3.8, 4) is 0 Å². The van der Waals surface area contributed by atoms with Crippen molar-refractivity contribution >= 4 is 21.8 Å². The molecule has 1 aliphatic heterocycles. The Morgan fingerprint density at radius 3 is 2.94 bits per heavy atom. The van der Waals surface area contributed by atoms with Crippen LogP contribution in [0.1, 0.15) is 35.7 Å². The number of nitrogens with one attached hydrogen (secondary N) is 2. The number of carbonyl (C=O) groups is 1. The molecule has 1 saturated heterocycles. The van der Waals surface area contributed by atoms with Crippen LogP contribution in [0.5, 0.6) is 0 Å². The first-order valence-corrected chi connectivity index (χ1v) is 7.17. The zero-order valence-corrected chi connectivity index (χ0v) is 12.4. The molecule has 3 nitrogen and oxygen atoms in total. The van der Waals surface area contributed by atoms with E-state index >= 15 is 0 Å². The normalized spacial score (nSPS) is 23.7. The van der Waals surface area contributed by atoms with Gasteiger partial charge in [0.1, 0.15) is 0 Å². The Balaban J connectivity index is 2.07. The predicted molar refractivity (Wildman–Crippen MR) is 76.8 cm³/mol. The molecule has 18 heavy (non-hydrogen) atoms. The third kappa shape index (κ3) is 3.12. The number of piperidine rings is 1. The Bertz CT molecular complexity index is 447. The largest absolute Gasteiger partial charge is 0.348 e. The van der Waals surface area contributed by atoms with E-state index in [9.17, 15) is 4.79 Å². The van der Waals surface area contributed by atoms with Crippen LogP contribution in [0, 0.1) is 6.92 Å². The maximum atomic E-state index is 12.2. The van der Waals surface area contributed by atoms with Crippen molar-refractivity contribution in [3.05, 3.63) is 33.8 Å². The number of halogens is 1.